The normalized spacial score (nSPS) is 13.5. The van der Waals surface area contributed by atoms with Gasteiger partial charge >= 0.3 is 0 Å². The van der Waals surface area contributed by atoms with Crippen LogP contribution in [0.2, 0.25) is 5.02 Å². The summed E-state index contributed by atoms with van der Waals surface area (Å²) in [5, 5.41) is 12.8. The third-order valence-electron chi connectivity index (χ3n) is 3.72. The lowest BCUT2D eigenvalue weighted by Gasteiger charge is -2.11. The summed E-state index contributed by atoms with van der Waals surface area (Å²) in [6.45, 7) is 1.52. The van der Waals surface area contributed by atoms with Crippen LogP contribution >= 0.6 is 11.6 Å². The second-order valence-electron chi connectivity index (χ2n) is 5.61. The molecule has 4 rings (SSSR count). The van der Waals surface area contributed by atoms with Crippen LogP contribution in [0.25, 0.3) is 11.4 Å². The summed E-state index contributed by atoms with van der Waals surface area (Å²) in [7, 11) is 0. The highest BCUT2D eigenvalue weighted by molar-refractivity contribution is 6.32. The quantitative estimate of drug-likeness (QED) is 0.716. The van der Waals surface area contributed by atoms with E-state index in [-0.39, 0.29) is 5.82 Å². The van der Waals surface area contributed by atoms with Crippen LogP contribution in [0.5, 0.6) is 11.5 Å². The van der Waals surface area contributed by atoms with E-state index in [2.05, 4.69) is 15.4 Å². The van der Waals surface area contributed by atoms with Crippen LogP contribution in [0.1, 0.15) is 12.0 Å². The molecule has 0 radical (unpaired) electrons. The molecule has 0 unspecified atom stereocenters. The zero-order valence-corrected chi connectivity index (χ0v) is 13.9. The van der Waals surface area contributed by atoms with Crippen molar-refractivity contribution in [1.82, 2.24) is 20.2 Å². The number of aromatic nitrogens is 4. The van der Waals surface area contributed by atoms with E-state index in [4.69, 9.17) is 21.1 Å². The molecule has 1 aromatic heterocycles. The van der Waals surface area contributed by atoms with Gasteiger partial charge in [-0.25, -0.2) is 4.39 Å². The Kier molecular flexibility index (Phi) is 4.23. The smallest absolute Gasteiger partial charge is 0.205 e. The van der Waals surface area contributed by atoms with E-state index in [0.717, 1.165) is 12.0 Å². The van der Waals surface area contributed by atoms with Crippen molar-refractivity contribution < 1.29 is 13.9 Å². The lowest BCUT2D eigenvalue weighted by Crippen LogP contribution is -2.05. The molecular formula is C17H14ClFN4O2. The van der Waals surface area contributed by atoms with Crippen molar-refractivity contribution in [2.75, 3.05) is 13.2 Å². The van der Waals surface area contributed by atoms with Gasteiger partial charge in [-0.2, -0.15) is 4.80 Å². The minimum absolute atomic E-state index is 0.344. The predicted octanol–water partition coefficient (Wildman–Crippen LogP) is 3.34. The molecule has 1 aliphatic rings. The van der Waals surface area contributed by atoms with Crippen molar-refractivity contribution in [3.63, 3.8) is 0 Å². The molecule has 0 saturated carbocycles. The van der Waals surface area contributed by atoms with Crippen LogP contribution in [0.15, 0.2) is 36.4 Å². The fourth-order valence-electron chi connectivity index (χ4n) is 2.59. The summed E-state index contributed by atoms with van der Waals surface area (Å²) in [6.07, 6.45) is 0.808. The average Bonchev–Trinajstić information content (AvgIpc) is 2.91. The first-order valence-corrected chi connectivity index (χ1v) is 8.18. The van der Waals surface area contributed by atoms with Gasteiger partial charge in [0, 0.05) is 12.0 Å². The Hall–Kier alpha value is -2.67. The molecule has 0 aliphatic carbocycles. The first-order chi connectivity index (χ1) is 12.2. The van der Waals surface area contributed by atoms with Crippen molar-refractivity contribution in [3.8, 4) is 22.9 Å². The average molecular weight is 361 g/mol. The number of rotatable bonds is 3. The van der Waals surface area contributed by atoms with E-state index in [1.807, 2.05) is 6.07 Å². The molecule has 0 saturated heterocycles. The number of hydrogen-bond donors (Lipinski definition) is 0. The minimum Gasteiger partial charge on any atom is -0.489 e. The Bertz CT molecular complexity index is 915. The molecule has 0 atom stereocenters. The van der Waals surface area contributed by atoms with Gasteiger partial charge in [-0.15, -0.1) is 10.2 Å². The predicted molar refractivity (Wildman–Crippen MR) is 89.4 cm³/mol. The number of ether oxygens (including phenoxy) is 2. The van der Waals surface area contributed by atoms with Gasteiger partial charge in [-0.1, -0.05) is 23.7 Å². The Morgan fingerprint density at radius 3 is 2.92 bits per heavy atom. The van der Waals surface area contributed by atoms with E-state index < -0.39 is 0 Å². The molecule has 1 aliphatic heterocycles. The SMILES string of the molecule is Fc1cccc(-c2nnn(Cc3cc(Cl)c4c(c3)OCCCO4)n2)c1. The summed E-state index contributed by atoms with van der Waals surface area (Å²) in [5.41, 5.74) is 1.43. The van der Waals surface area contributed by atoms with E-state index >= 15 is 0 Å². The van der Waals surface area contributed by atoms with Crippen LogP contribution in [0.4, 0.5) is 4.39 Å². The number of nitrogens with zero attached hydrogens (tertiary/aromatic N) is 4. The third-order valence-corrected chi connectivity index (χ3v) is 4.00. The first-order valence-electron chi connectivity index (χ1n) is 7.81. The van der Waals surface area contributed by atoms with E-state index in [1.165, 1.54) is 16.9 Å². The van der Waals surface area contributed by atoms with Crippen LogP contribution < -0.4 is 9.47 Å². The van der Waals surface area contributed by atoms with E-state index in [9.17, 15) is 4.39 Å². The molecule has 0 N–H and O–H groups in total. The topological polar surface area (TPSA) is 62.1 Å². The summed E-state index contributed by atoms with van der Waals surface area (Å²) >= 11 is 6.29. The molecular weight excluding hydrogens is 347 g/mol. The van der Waals surface area contributed by atoms with Gasteiger partial charge in [0.05, 0.1) is 24.8 Å². The maximum atomic E-state index is 13.3. The van der Waals surface area contributed by atoms with Crippen molar-refractivity contribution in [2.24, 2.45) is 0 Å². The number of benzene rings is 2. The molecule has 6 nitrogen and oxygen atoms in total. The molecule has 8 heteroatoms. The summed E-state index contributed by atoms with van der Waals surface area (Å²) in [4.78, 5) is 1.43. The number of fused-ring (bicyclic) bond motifs is 1. The van der Waals surface area contributed by atoms with Crippen LogP contribution in [-0.4, -0.2) is 33.4 Å². The van der Waals surface area contributed by atoms with Gasteiger partial charge in [-0.05, 0) is 35.0 Å². The molecule has 0 fully saturated rings. The second kappa shape index (κ2) is 6.68. The number of halogens is 2. The standard InChI is InChI=1S/C17H14ClFN4O2/c18-14-7-11(8-15-16(14)25-6-2-5-24-15)10-23-21-17(20-22-23)12-3-1-4-13(19)9-12/h1,3-4,7-9H,2,5-6,10H2. The molecule has 128 valence electrons. The molecule has 2 aromatic carbocycles. The van der Waals surface area contributed by atoms with Crippen molar-refractivity contribution in [1.29, 1.82) is 0 Å². The number of hydrogen-bond acceptors (Lipinski definition) is 5. The largest absolute Gasteiger partial charge is 0.489 e. The highest BCUT2D eigenvalue weighted by Gasteiger charge is 2.16. The Morgan fingerprint density at radius 1 is 1.16 bits per heavy atom. The number of tetrazole rings is 1. The van der Waals surface area contributed by atoms with Crippen molar-refractivity contribution >= 4 is 11.6 Å². The highest BCUT2D eigenvalue weighted by atomic mass is 35.5. The maximum Gasteiger partial charge on any atom is 0.205 e. The van der Waals surface area contributed by atoms with Gasteiger partial charge in [0.15, 0.2) is 11.5 Å². The molecule has 2 heterocycles. The molecule has 0 amide bonds. The van der Waals surface area contributed by atoms with Gasteiger partial charge in [0.25, 0.3) is 0 Å². The van der Waals surface area contributed by atoms with Gasteiger partial charge < -0.3 is 9.47 Å². The minimum atomic E-state index is -0.344. The molecule has 3 aromatic rings. The van der Waals surface area contributed by atoms with Gasteiger partial charge in [0.1, 0.15) is 5.82 Å². The molecule has 0 spiro atoms. The maximum absolute atomic E-state index is 13.3. The summed E-state index contributed by atoms with van der Waals surface area (Å²) < 4.78 is 24.6. The van der Waals surface area contributed by atoms with Crippen LogP contribution in [0.3, 0.4) is 0 Å². The fraction of sp³-hybridized carbons (Fsp3) is 0.235. The van der Waals surface area contributed by atoms with Crippen molar-refractivity contribution in [3.05, 3.63) is 52.8 Å². The van der Waals surface area contributed by atoms with Gasteiger partial charge in [0.2, 0.25) is 5.82 Å². The van der Waals surface area contributed by atoms with Gasteiger partial charge in [-0.3, -0.25) is 0 Å². The lowest BCUT2D eigenvalue weighted by molar-refractivity contribution is 0.297. The zero-order valence-electron chi connectivity index (χ0n) is 13.2. The van der Waals surface area contributed by atoms with Crippen LogP contribution in [-0.2, 0) is 6.54 Å². The first kappa shape index (κ1) is 15.8. The Labute approximate surface area is 148 Å². The van der Waals surface area contributed by atoms with E-state index in [1.54, 1.807) is 18.2 Å². The second-order valence-corrected chi connectivity index (χ2v) is 6.02. The van der Waals surface area contributed by atoms with Crippen molar-refractivity contribution in [2.45, 2.75) is 13.0 Å². The summed E-state index contributed by atoms with van der Waals surface area (Å²) in [5.74, 6) is 1.20. The summed E-state index contributed by atoms with van der Waals surface area (Å²) in [6, 6.07) is 9.72. The monoisotopic (exact) mass is 360 g/mol. The Morgan fingerprint density at radius 2 is 2.04 bits per heavy atom. The zero-order chi connectivity index (χ0) is 17.2. The molecule has 25 heavy (non-hydrogen) atoms. The molecule has 0 bridgehead atoms. The highest BCUT2D eigenvalue weighted by Crippen LogP contribution is 2.38. The fourth-order valence-corrected chi connectivity index (χ4v) is 2.88. The third kappa shape index (κ3) is 3.41. The van der Waals surface area contributed by atoms with E-state index in [0.29, 0.717) is 47.7 Å². The van der Waals surface area contributed by atoms with Crippen LogP contribution in [0, 0.1) is 5.82 Å². The lowest BCUT2D eigenvalue weighted by atomic mass is 10.2. The Balaban J connectivity index is 1.59.